The molecule has 0 spiro atoms. The molecule has 0 fully saturated rings. The Morgan fingerprint density at radius 1 is 0.955 bits per heavy atom. The van der Waals surface area contributed by atoms with Crippen molar-refractivity contribution < 1.29 is 0 Å². The first-order valence-electron chi connectivity index (χ1n) is 6.65. The van der Waals surface area contributed by atoms with Gasteiger partial charge in [-0.2, -0.15) is 0 Å². The number of nitrogens with zero attached hydrogens (tertiary/aromatic N) is 3. The van der Waals surface area contributed by atoms with Crippen molar-refractivity contribution in [3.05, 3.63) is 70.5 Å². The van der Waals surface area contributed by atoms with Crippen molar-refractivity contribution in [2.75, 3.05) is 5.32 Å². The van der Waals surface area contributed by atoms with Gasteiger partial charge >= 0.3 is 0 Å². The normalized spacial score (nSPS) is 10.5. The number of hydrogen-bond acceptors (Lipinski definition) is 4. The predicted molar refractivity (Wildman–Crippen MR) is 89.1 cm³/mol. The largest absolute Gasteiger partial charge is 0.366 e. The van der Waals surface area contributed by atoms with Crippen LogP contribution in [0.25, 0.3) is 11.5 Å². The molecule has 0 unspecified atom stereocenters. The monoisotopic (exact) mass is 330 g/mol. The minimum atomic E-state index is 0.370. The Bertz CT molecular complexity index is 761. The molecule has 0 radical (unpaired) electrons. The van der Waals surface area contributed by atoms with Crippen LogP contribution in [0.4, 0.5) is 5.82 Å². The minimum Gasteiger partial charge on any atom is -0.366 e. The number of halogens is 2. The van der Waals surface area contributed by atoms with Crippen LogP contribution in [0.5, 0.6) is 0 Å². The van der Waals surface area contributed by atoms with Crippen molar-refractivity contribution >= 4 is 29.0 Å². The molecule has 0 bridgehead atoms. The summed E-state index contributed by atoms with van der Waals surface area (Å²) in [5, 5.41) is 4.31. The summed E-state index contributed by atoms with van der Waals surface area (Å²) in [4.78, 5) is 12.9. The molecule has 0 amide bonds. The lowest BCUT2D eigenvalue weighted by Gasteiger charge is -2.08. The fraction of sp³-hybridized carbons (Fsp3) is 0.0625. The zero-order chi connectivity index (χ0) is 15.4. The smallest absolute Gasteiger partial charge is 0.181 e. The zero-order valence-corrected chi connectivity index (χ0v) is 13.0. The van der Waals surface area contributed by atoms with Crippen molar-refractivity contribution in [3.8, 4) is 11.5 Å². The molecular weight excluding hydrogens is 319 g/mol. The van der Waals surface area contributed by atoms with Crippen molar-refractivity contribution in [1.29, 1.82) is 0 Å². The fourth-order valence-electron chi connectivity index (χ4n) is 1.91. The van der Waals surface area contributed by atoms with Gasteiger partial charge in [0.15, 0.2) is 5.82 Å². The van der Waals surface area contributed by atoms with E-state index in [1.165, 1.54) is 0 Å². The zero-order valence-electron chi connectivity index (χ0n) is 11.5. The minimum absolute atomic E-state index is 0.370. The maximum absolute atomic E-state index is 6.07. The SMILES string of the molecule is Clc1ccc(CNc2cc(Cl)nc(-c3ccccn3)n2)cc1. The van der Waals surface area contributed by atoms with Crippen LogP contribution in [0.2, 0.25) is 10.2 Å². The quantitative estimate of drug-likeness (QED) is 0.717. The lowest BCUT2D eigenvalue weighted by molar-refractivity contribution is 1.08. The van der Waals surface area contributed by atoms with E-state index < -0.39 is 0 Å². The highest BCUT2D eigenvalue weighted by atomic mass is 35.5. The second-order valence-electron chi connectivity index (χ2n) is 4.59. The fourth-order valence-corrected chi connectivity index (χ4v) is 2.22. The number of aromatic nitrogens is 3. The third-order valence-electron chi connectivity index (χ3n) is 2.98. The highest BCUT2D eigenvalue weighted by Gasteiger charge is 2.06. The molecule has 0 aliphatic carbocycles. The predicted octanol–water partition coefficient (Wildman–Crippen LogP) is 4.46. The average molecular weight is 331 g/mol. The van der Waals surface area contributed by atoms with Crippen molar-refractivity contribution in [2.45, 2.75) is 6.54 Å². The first kappa shape index (κ1) is 14.8. The summed E-state index contributed by atoms with van der Waals surface area (Å²) in [6.45, 7) is 0.617. The summed E-state index contributed by atoms with van der Waals surface area (Å²) < 4.78 is 0. The number of benzene rings is 1. The van der Waals surface area contributed by atoms with Crippen LogP contribution < -0.4 is 5.32 Å². The highest BCUT2D eigenvalue weighted by molar-refractivity contribution is 6.30. The Hall–Kier alpha value is -2.17. The lowest BCUT2D eigenvalue weighted by atomic mass is 10.2. The van der Waals surface area contributed by atoms with E-state index >= 15 is 0 Å². The molecule has 110 valence electrons. The Balaban J connectivity index is 1.79. The molecule has 3 aromatic rings. The Morgan fingerprint density at radius 3 is 2.50 bits per heavy atom. The molecule has 4 nitrogen and oxygen atoms in total. The standard InChI is InChI=1S/C16H12Cl2N4/c17-12-6-4-11(5-7-12)10-20-15-9-14(18)21-16(22-15)13-3-1-2-8-19-13/h1-9H,10H2,(H,20,21,22). The summed E-state index contributed by atoms with van der Waals surface area (Å²) in [6, 6.07) is 14.9. The van der Waals surface area contributed by atoms with Crippen LogP contribution >= 0.6 is 23.2 Å². The van der Waals surface area contributed by atoms with Crippen LogP contribution in [0.15, 0.2) is 54.7 Å². The average Bonchev–Trinajstić information content (AvgIpc) is 2.55. The van der Waals surface area contributed by atoms with Crippen molar-refractivity contribution in [3.63, 3.8) is 0 Å². The van der Waals surface area contributed by atoms with Gasteiger partial charge in [0.25, 0.3) is 0 Å². The molecule has 6 heteroatoms. The first-order valence-corrected chi connectivity index (χ1v) is 7.40. The third kappa shape index (κ3) is 3.72. The summed E-state index contributed by atoms with van der Waals surface area (Å²) >= 11 is 11.9. The Morgan fingerprint density at radius 2 is 1.77 bits per heavy atom. The molecule has 0 atom stereocenters. The third-order valence-corrected chi connectivity index (χ3v) is 3.42. The van der Waals surface area contributed by atoms with Crippen molar-refractivity contribution in [2.24, 2.45) is 0 Å². The van der Waals surface area contributed by atoms with Crippen LogP contribution in [0, 0.1) is 0 Å². The van der Waals surface area contributed by atoms with E-state index in [-0.39, 0.29) is 0 Å². The molecule has 3 rings (SSSR count). The summed E-state index contributed by atoms with van der Waals surface area (Å²) in [5.41, 5.74) is 1.78. The van der Waals surface area contributed by atoms with Gasteiger partial charge in [-0.25, -0.2) is 9.97 Å². The van der Waals surface area contributed by atoms with E-state index in [0.717, 1.165) is 5.56 Å². The molecule has 1 aromatic carbocycles. The molecular formula is C16H12Cl2N4. The van der Waals surface area contributed by atoms with E-state index in [1.807, 2.05) is 42.5 Å². The van der Waals surface area contributed by atoms with Gasteiger partial charge < -0.3 is 5.32 Å². The number of hydrogen-bond donors (Lipinski definition) is 1. The summed E-state index contributed by atoms with van der Waals surface area (Å²) in [5.74, 6) is 1.14. The number of nitrogens with one attached hydrogen (secondary N) is 1. The second-order valence-corrected chi connectivity index (χ2v) is 5.42. The number of anilines is 1. The van der Waals surface area contributed by atoms with Crippen LogP contribution in [-0.4, -0.2) is 15.0 Å². The lowest BCUT2D eigenvalue weighted by Crippen LogP contribution is -2.03. The summed E-state index contributed by atoms with van der Waals surface area (Å²) in [7, 11) is 0. The van der Waals surface area contributed by atoms with Crippen LogP contribution in [0.3, 0.4) is 0 Å². The number of pyridine rings is 1. The van der Waals surface area contributed by atoms with E-state index in [1.54, 1.807) is 12.3 Å². The second kappa shape index (κ2) is 6.73. The molecule has 1 N–H and O–H groups in total. The van der Waals surface area contributed by atoms with Gasteiger partial charge in [-0.3, -0.25) is 4.98 Å². The van der Waals surface area contributed by atoms with Crippen LogP contribution in [0.1, 0.15) is 5.56 Å². The van der Waals surface area contributed by atoms with Gasteiger partial charge in [-0.05, 0) is 29.8 Å². The molecule has 0 aliphatic heterocycles. The van der Waals surface area contributed by atoms with E-state index in [2.05, 4.69) is 20.3 Å². The van der Waals surface area contributed by atoms with Gasteiger partial charge in [-0.15, -0.1) is 0 Å². The Kier molecular flexibility index (Phi) is 4.51. The Labute approximate surface area is 138 Å². The van der Waals surface area contributed by atoms with Gasteiger partial charge in [0.1, 0.15) is 16.7 Å². The number of rotatable bonds is 4. The topological polar surface area (TPSA) is 50.7 Å². The van der Waals surface area contributed by atoms with Gasteiger partial charge in [0.2, 0.25) is 0 Å². The van der Waals surface area contributed by atoms with Gasteiger partial charge in [0.05, 0.1) is 0 Å². The highest BCUT2D eigenvalue weighted by Crippen LogP contribution is 2.19. The van der Waals surface area contributed by atoms with Crippen LogP contribution in [-0.2, 0) is 6.54 Å². The summed E-state index contributed by atoms with van der Waals surface area (Å²) in [6.07, 6.45) is 1.69. The van der Waals surface area contributed by atoms with E-state index in [4.69, 9.17) is 23.2 Å². The molecule has 0 aliphatic rings. The molecule has 0 saturated carbocycles. The van der Waals surface area contributed by atoms with Crippen molar-refractivity contribution in [1.82, 2.24) is 15.0 Å². The van der Waals surface area contributed by atoms with E-state index in [0.29, 0.717) is 34.1 Å². The van der Waals surface area contributed by atoms with Gasteiger partial charge in [0, 0.05) is 23.8 Å². The molecule has 2 aromatic heterocycles. The van der Waals surface area contributed by atoms with Gasteiger partial charge in [-0.1, -0.05) is 41.4 Å². The first-order chi connectivity index (χ1) is 10.7. The maximum atomic E-state index is 6.07. The molecule has 2 heterocycles. The van der Waals surface area contributed by atoms with E-state index in [9.17, 15) is 0 Å². The molecule has 0 saturated heterocycles. The molecule has 22 heavy (non-hydrogen) atoms. The maximum Gasteiger partial charge on any atom is 0.181 e.